The third-order valence-corrected chi connectivity index (χ3v) is 6.54. The van der Waals surface area contributed by atoms with E-state index in [4.69, 9.17) is 16.3 Å². The quantitative estimate of drug-likeness (QED) is 0.392. The van der Waals surface area contributed by atoms with Crippen LogP contribution < -0.4 is 15.5 Å². The maximum atomic E-state index is 13.2. The zero-order valence-electron chi connectivity index (χ0n) is 19.7. The molecular weight excluding hydrogens is 438 g/mol. The summed E-state index contributed by atoms with van der Waals surface area (Å²) in [4.78, 5) is 28.0. The van der Waals surface area contributed by atoms with Crippen molar-refractivity contribution in [2.75, 3.05) is 42.4 Å². The molecule has 7 heteroatoms. The number of carbonyl (C=O) groups excluding carboxylic acids is 2. The fourth-order valence-corrected chi connectivity index (χ4v) is 3.87. The first-order chi connectivity index (χ1) is 15.9. The summed E-state index contributed by atoms with van der Waals surface area (Å²) in [5.41, 5.74) is 3.90. The normalized spacial score (nSPS) is 13.4. The standard InChI is InChI=1S/C26H34ClN3O3/c1-4-33-15-7-13-28-24(31)22-16-21(29-25(32)26(2,3)18-27)10-11-23(22)30-14-12-19-8-5-6-9-20(19)17-30/h5-6,8-11,16H,4,7,12-15,17-18H2,1-3H3,(H,28,31)(H,29,32). The molecule has 178 valence electrons. The highest BCUT2D eigenvalue weighted by atomic mass is 35.5. The Morgan fingerprint density at radius 3 is 2.64 bits per heavy atom. The van der Waals surface area contributed by atoms with Crippen LogP contribution in [0.15, 0.2) is 42.5 Å². The maximum absolute atomic E-state index is 13.2. The number of hydrogen-bond acceptors (Lipinski definition) is 4. The summed E-state index contributed by atoms with van der Waals surface area (Å²) >= 11 is 5.96. The summed E-state index contributed by atoms with van der Waals surface area (Å²) < 4.78 is 5.36. The van der Waals surface area contributed by atoms with Crippen LogP contribution in [-0.4, -0.2) is 44.0 Å². The fraction of sp³-hybridized carbons (Fsp3) is 0.462. The Morgan fingerprint density at radius 1 is 1.15 bits per heavy atom. The van der Waals surface area contributed by atoms with E-state index in [1.165, 1.54) is 11.1 Å². The molecule has 0 saturated carbocycles. The van der Waals surface area contributed by atoms with E-state index in [2.05, 4.69) is 33.7 Å². The topological polar surface area (TPSA) is 70.7 Å². The van der Waals surface area contributed by atoms with Gasteiger partial charge in [0.05, 0.1) is 11.0 Å². The predicted molar refractivity (Wildman–Crippen MR) is 134 cm³/mol. The van der Waals surface area contributed by atoms with Crippen LogP contribution in [-0.2, 0) is 22.5 Å². The first-order valence-electron chi connectivity index (χ1n) is 11.5. The Bertz CT molecular complexity index is 977. The molecule has 1 aliphatic rings. The monoisotopic (exact) mass is 471 g/mol. The average molecular weight is 472 g/mol. The van der Waals surface area contributed by atoms with Gasteiger partial charge in [-0.1, -0.05) is 24.3 Å². The first kappa shape index (κ1) is 25.1. The summed E-state index contributed by atoms with van der Waals surface area (Å²) in [6.07, 6.45) is 1.67. The molecule has 0 fully saturated rings. The third kappa shape index (κ3) is 6.49. The number of alkyl halides is 1. The Kier molecular flexibility index (Phi) is 8.75. The van der Waals surface area contributed by atoms with E-state index in [0.29, 0.717) is 31.0 Å². The van der Waals surface area contributed by atoms with Crippen molar-refractivity contribution >= 4 is 34.8 Å². The van der Waals surface area contributed by atoms with E-state index < -0.39 is 5.41 Å². The van der Waals surface area contributed by atoms with Gasteiger partial charge < -0.3 is 20.3 Å². The average Bonchev–Trinajstić information content (AvgIpc) is 2.83. The van der Waals surface area contributed by atoms with Crippen LogP contribution >= 0.6 is 11.6 Å². The van der Waals surface area contributed by atoms with Crippen LogP contribution in [0.1, 0.15) is 48.7 Å². The Hall–Kier alpha value is -2.57. The second-order valence-electron chi connectivity index (χ2n) is 8.95. The Balaban J connectivity index is 1.83. The number of carbonyl (C=O) groups is 2. The molecule has 33 heavy (non-hydrogen) atoms. The van der Waals surface area contributed by atoms with Gasteiger partial charge in [0, 0.05) is 50.1 Å². The molecule has 3 rings (SSSR count). The van der Waals surface area contributed by atoms with E-state index >= 15 is 0 Å². The van der Waals surface area contributed by atoms with Crippen molar-refractivity contribution in [1.82, 2.24) is 5.32 Å². The highest BCUT2D eigenvalue weighted by Gasteiger charge is 2.27. The zero-order valence-corrected chi connectivity index (χ0v) is 20.5. The van der Waals surface area contributed by atoms with E-state index in [1.54, 1.807) is 19.9 Å². The molecule has 6 nitrogen and oxygen atoms in total. The highest BCUT2D eigenvalue weighted by molar-refractivity contribution is 6.20. The van der Waals surface area contributed by atoms with Crippen molar-refractivity contribution in [3.8, 4) is 0 Å². The summed E-state index contributed by atoms with van der Waals surface area (Å²) in [5.74, 6) is -0.134. The highest BCUT2D eigenvalue weighted by Crippen LogP contribution is 2.30. The lowest BCUT2D eigenvalue weighted by Gasteiger charge is -2.32. The summed E-state index contributed by atoms with van der Waals surface area (Å²) in [5, 5.41) is 5.92. The van der Waals surface area contributed by atoms with Crippen LogP contribution in [0.3, 0.4) is 0 Å². The number of rotatable bonds is 10. The van der Waals surface area contributed by atoms with Gasteiger partial charge in [-0.25, -0.2) is 0 Å². The van der Waals surface area contributed by atoms with Crippen LogP contribution in [0.4, 0.5) is 11.4 Å². The predicted octanol–water partition coefficient (Wildman–Crippen LogP) is 4.61. The molecule has 0 radical (unpaired) electrons. The van der Waals surface area contributed by atoms with Crippen molar-refractivity contribution in [2.24, 2.45) is 5.41 Å². The SMILES string of the molecule is CCOCCCNC(=O)c1cc(NC(=O)C(C)(C)CCl)ccc1N1CCc2ccccc2C1. The molecule has 1 aliphatic heterocycles. The number of benzene rings is 2. The number of hydrogen-bond donors (Lipinski definition) is 2. The lowest BCUT2D eigenvalue weighted by molar-refractivity contribution is -0.122. The van der Waals surface area contributed by atoms with Gasteiger partial charge in [0.1, 0.15) is 0 Å². The molecule has 0 atom stereocenters. The third-order valence-electron chi connectivity index (χ3n) is 5.87. The van der Waals surface area contributed by atoms with Crippen molar-refractivity contribution < 1.29 is 14.3 Å². The van der Waals surface area contributed by atoms with Gasteiger partial charge in [-0.2, -0.15) is 0 Å². The maximum Gasteiger partial charge on any atom is 0.253 e. The molecule has 0 saturated heterocycles. The van der Waals surface area contributed by atoms with E-state index in [-0.39, 0.29) is 17.7 Å². The smallest absolute Gasteiger partial charge is 0.253 e. The van der Waals surface area contributed by atoms with Crippen LogP contribution in [0.5, 0.6) is 0 Å². The fourth-order valence-electron chi connectivity index (χ4n) is 3.75. The van der Waals surface area contributed by atoms with Crippen molar-refractivity contribution in [2.45, 2.75) is 40.2 Å². The number of amides is 2. The Labute approximate surface area is 201 Å². The molecule has 0 unspecified atom stereocenters. The van der Waals surface area contributed by atoms with Gasteiger partial charge in [-0.15, -0.1) is 11.6 Å². The lowest BCUT2D eigenvalue weighted by atomic mass is 9.95. The number of nitrogens with one attached hydrogen (secondary N) is 2. The number of anilines is 2. The molecule has 2 aromatic carbocycles. The minimum Gasteiger partial charge on any atom is -0.382 e. The van der Waals surface area contributed by atoms with Crippen LogP contribution in [0, 0.1) is 5.41 Å². The van der Waals surface area contributed by atoms with Gasteiger partial charge in [0.2, 0.25) is 5.91 Å². The molecule has 2 amide bonds. The van der Waals surface area contributed by atoms with Gasteiger partial charge in [-0.3, -0.25) is 9.59 Å². The number of halogens is 1. The molecule has 1 heterocycles. The first-order valence-corrected chi connectivity index (χ1v) is 12.1. The van der Waals surface area contributed by atoms with Crippen molar-refractivity contribution in [3.05, 3.63) is 59.2 Å². The zero-order chi connectivity index (χ0) is 23.8. The lowest BCUT2D eigenvalue weighted by Crippen LogP contribution is -2.34. The molecular formula is C26H34ClN3O3. The van der Waals surface area contributed by atoms with E-state index in [9.17, 15) is 9.59 Å². The molecule has 0 aromatic heterocycles. The summed E-state index contributed by atoms with van der Waals surface area (Å²) in [6.45, 7) is 8.90. The molecule has 2 N–H and O–H groups in total. The second kappa shape index (κ2) is 11.5. The van der Waals surface area contributed by atoms with Crippen molar-refractivity contribution in [3.63, 3.8) is 0 Å². The minimum absolute atomic E-state index is 0.159. The second-order valence-corrected chi connectivity index (χ2v) is 9.22. The molecule has 0 aliphatic carbocycles. The Morgan fingerprint density at radius 2 is 1.91 bits per heavy atom. The number of ether oxygens (including phenoxy) is 1. The van der Waals surface area contributed by atoms with Crippen LogP contribution in [0.2, 0.25) is 0 Å². The van der Waals surface area contributed by atoms with Gasteiger partial charge in [0.15, 0.2) is 0 Å². The van der Waals surface area contributed by atoms with E-state index in [1.807, 2.05) is 25.1 Å². The van der Waals surface area contributed by atoms with Gasteiger partial charge >= 0.3 is 0 Å². The van der Waals surface area contributed by atoms with E-state index in [0.717, 1.165) is 31.6 Å². The molecule has 0 bridgehead atoms. The number of fused-ring (bicyclic) bond motifs is 1. The molecule has 2 aromatic rings. The molecule has 0 spiro atoms. The summed E-state index contributed by atoms with van der Waals surface area (Å²) in [7, 11) is 0. The van der Waals surface area contributed by atoms with Gasteiger partial charge in [0.25, 0.3) is 5.91 Å². The minimum atomic E-state index is -0.710. The largest absolute Gasteiger partial charge is 0.382 e. The summed E-state index contributed by atoms with van der Waals surface area (Å²) in [6, 6.07) is 13.9. The van der Waals surface area contributed by atoms with Crippen molar-refractivity contribution in [1.29, 1.82) is 0 Å². The number of nitrogens with zero attached hydrogens (tertiary/aromatic N) is 1. The van der Waals surface area contributed by atoms with Gasteiger partial charge in [-0.05, 0) is 62.9 Å². The van der Waals surface area contributed by atoms with Crippen LogP contribution in [0.25, 0.3) is 0 Å².